The van der Waals surface area contributed by atoms with Crippen LogP contribution in [0.5, 0.6) is 0 Å². The van der Waals surface area contributed by atoms with Gasteiger partial charge in [-0.25, -0.2) is 4.98 Å². The summed E-state index contributed by atoms with van der Waals surface area (Å²) in [6.07, 6.45) is 0. The molecule has 5 heteroatoms. The molecule has 1 heterocycles. The zero-order valence-corrected chi connectivity index (χ0v) is 14.3. The van der Waals surface area contributed by atoms with Crippen LogP contribution in [0.15, 0.2) is 46.9 Å². The van der Waals surface area contributed by atoms with Gasteiger partial charge in [-0.1, -0.05) is 22.0 Å². The maximum absolute atomic E-state index is 6.04. The van der Waals surface area contributed by atoms with Crippen molar-refractivity contribution in [2.75, 3.05) is 0 Å². The van der Waals surface area contributed by atoms with Gasteiger partial charge in [0, 0.05) is 13.7 Å². The summed E-state index contributed by atoms with van der Waals surface area (Å²) in [6, 6.07) is 14.4. The zero-order valence-electron chi connectivity index (χ0n) is 9.78. The van der Waals surface area contributed by atoms with Crippen LogP contribution in [0.25, 0.3) is 16.7 Å². The number of hydrogen-bond acceptors (Lipinski definition) is 1. The Hall–Kier alpha value is -0.590. The second-order valence-corrected chi connectivity index (χ2v) is 6.54. The number of imidazole rings is 1. The predicted octanol–water partition coefficient (Wildman–Crippen LogP) is 5.13. The fourth-order valence-corrected chi connectivity index (χ4v) is 3.15. The van der Waals surface area contributed by atoms with Gasteiger partial charge in [-0.2, -0.15) is 0 Å². The Balaban J connectivity index is 2.34. The van der Waals surface area contributed by atoms with E-state index in [2.05, 4.69) is 72.3 Å². The van der Waals surface area contributed by atoms with Crippen molar-refractivity contribution in [3.05, 3.63) is 56.3 Å². The smallest absolute Gasteiger partial charge is 0.129 e. The van der Waals surface area contributed by atoms with Crippen molar-refractivity contribution in [2.24, 2.45) is 0 Å². The lowest BCUT2D eigenvalue weighted by Gasteiger charge is -2.08. The lowest BCUT2D eigenvalue weighted by molar-refractivity contribution is 0.981. The van der Waals surface area contributed by atoms with Gasteiger partial charge in [0.05, 0.1) is 16.9 Å². The molecule has 3 rings (SSSR count). The molecule has 2 nitrogen and oxygen atoms in total. The molecule has 0 N–H and O–H groups in total. The molecule has 0 aliphatic carbocycles. The number of fused-ring (bicyclic) bond motifs is 1. The van der Waals surface area contributed by atoms with Gasteiger partial charge in [0.15, 0.2) is 0 Å². The first-order valence-electron chi connectivity index (χ1n) is 5.68. The predicted molar refractivity (Wildman–Crippen MR) is 91.0 cm³/mol. The Bertz CT molecular complexity index is 754. The molecule has 1 aromatic heterocycles. The Kier molecular flexibility index (Phi) is 3.82. The van der Waals surface area contributed by atoms with E-state index in [9.17, 15) is 0 Å². The van der Waals surface area contributed by atoms with Crippen LogP contribution in [0.1, 0.15) is 5.82 Å². The van der Waals surface area contributed by atoms with Crippen LogP contribution in [0.3, 0.4) is 0 Å². The average molecular weight is 448 g/mol. The molecule has 0 unspecified atom stereocenters. The Morgan fingerprint density at radius 3 is 2.79 bits per heavy atom. The number of halogens is 3. The molecule has 0 saturated heterocycles. The van der Waals surface area contributed by atoms with Crippen LogP contribution in [-0.4, -0.2) is 9.55 Å². The fourth-order valence-electron chi connectivity index (χ4n) is 2.09. The summed E-state index contributed by atoms with van der Waals surface area (Å²) in [5.41, 5.74) is 3.10. The molecule has 0 aliphatic rings. The Labute approximate surface area is 138 Å². The van der Waals surface area contributed by atoms with Crippen molar-refractivity contribution in [3.8, 4) is 5.69 Å². The van der Waals surface area contributed by atoms with E-state index >= 15 is 0 Å². The molecule has 0 amide bonds. The summed E-state index contributed by atoms with van der Waals surface area (Å²) in [7, 11) is 0. The molecule has 96 valence electrons. The lowest BCUT2D eigenvalue weighted by atomic mass is 10.3. The van der Waals surface area contributed by atoms with Crippen molar-refractivity contribution in [1.82, 2.24) is 9.55 Å². The molecular formula is C14H9BrClIN2. The van der Waals surface area contributed by atoms with Gasteiger partial charge in [-0.15, -0.1) is 11.6 Å². The monoisotopic (exact) mass is 446 g/mol. The highest BCUT2D eigenvalue weighted by Gasteiger charge is 2.12. The highest BCUT2D eigenvalue weighted by Crippen LogP contribution is 2.26. The summed E-state index contributed by atoms with van der Waals surface area (Å²) in [4.78, 5) is 4.59. The summed E-state index contributed by atoms with van der Waals surface area (Å²) in [6.45, 7) is 0. The second kappa shape index (κ2) is 5.42. The van der Waals surface area contributed by atoms with Crippen LogP contribution in [0.2, 0.25) is 0 Å². The summed E-state index contributed by atoms with van der Waals surface area (Å²) < 4.78 is 4.33. The third-order valence-electron chi connectivity index (χ3n) is 2.87. The number of alkyl halides is 1. The molecule has 19 heavy (non-hydrogen) atoms. The van der Waals surface area contributed by atoms with Crippen LogP contribution >= 0.6 is 50.1 Å². The summed E-state index contributed by atoms with van der Waals surface area (Å²) >= 11 is 11.9. The van der Waals surface area contributed by atoms with Gasteiger partial charge in [-0.05, 0) is 59.0 Å². The van der Waals surface area contributed by atoms with Crippen LogP contribution in [0.4, 0.5) is 0 Å². The van der Waals surface area contributed by atoms with E-state index in [0.717, 1.165) is 27.0 Å². The Morgan fingerprint density at radius 2 is 2.05 bits per heavy atom. The topological polar surface area (TPSA) is 17.8 Å². The number of nitrogens with zero attached hydrogens (tertiary/aromatic N) is 2. The second-order valence-electron chi connectivity index (χ2n) is 4.11. The van der Waals surface area contributed by atoms with E-state index in [-0.39, 0.29) is 0 Å². The number of benzene rings is 2. The zero-order chi connectivity index (χ0) is 13.4. The number of rotatable bonds is 2. The molecule has 0 bridgehead atoms. The third kappa shape index (κ3) is 2.53. The van der Waals surface area contributed by atoms with Crippen LogP contribution in [0, 0.1) is 3.57 Å². The van der Waals surface area contributed by atoms with Gasteiger partial charge in [0.25, 0.3) is 0 Å². The first-order chi connectivity index (χ1) is 9.19. The van der Waals surface area contributed by atoms with Gasteiger partial charge in [0.1, 0.15) is 5.82 Å². The summed E-state index contributed by atoms with van der Waals surface area (Å²) in [5.74, 6) is 1.24. The SMILES string of the molecule is ClCc1nc2ccc(Br)cc2n1-c1cccc(I)c1. The van der Waals surface area contributed by atoms with E-state index < -0.39 is 0 Å². The van der Waals surface area contributed by atoms with E-state index in [0.29, 0.717) is 5.88 Å². The van der Waals surface area contributed by atoms with Gasteiger partial charge < -0.3 is 0 Å². The molecule has 0 fully saturated rings. The molecule has 2 aromatic carbocycles. The van der Waals surface area contributed by atoms with Crippen molar-refractivity contribution < 1.29 is 0 Å². The lowest BCUT2D eigenvalue weighted by Crippen LogP contribution is -1.99. The average Bonchev–Trinajstić information content (AvgIpc) is 2.76. The molecule has 0 spiro atoms. The highest BCUT2D eigenvalue weighted by atomic mass is 127. The number of hydrogen-bond donors (Lipinski definition) is 0. The standard InChI is InChI=1S/C14H9BrClIN2/c15-9-4-5-12-13(6-9)19(14(8-16)18-12)11-3-1-2-10(17)7-11/h1-7H,8H2. The van der Waals surface area contributed by atoms with E-state index in [4.69, 9.17) is 11.6 Å². The molecular weight excluding hydrogens is 438 g/mol. The maximum Gasteiger partial charge on any atom is 0.129 e. The van der Waals surface area contributed by atoms with Crippen molar-refractivity contribution in [1.29, 1.82) is 0 Å². The normalized spacial score (nSPS) is 11.1. The minimum atomic E-state index is 0.387. The minimum Gasteiger partial charge on any atom is -0.295 e. The maximum atomic E-state index is 6.04. The van der Waals surface area contributed by atoms with Crippen molar-refractivity contribution in [2.45, 2.75) is 5.88 Å². The van der Waals surface area contributed by atoms with E-state index in [1.807, 2.05) is 18.2 Å². The quantitative estimate of drug-likeness (QED) is 0.393. The van der Waals surface area contributed by atoms with Gasteiger partial charge in [-0.3, -0.25) is 4.57 Å². The third-order valence-corrected chi connectivity index (χ3v) is 4.28. The number of aromatic nitrogens is 2. The minimum absolute atomic E-state index is 0.387. The molecule has 3 aromatic rings. The first kappa shape index (κ1) is 13.4. The fraction of sp³-hybridized carbons (Fsp3) is 0.0714. The molecule has 0 atom stereocenters. The largest absolute Gasteiger partial charge is 0.295 e. The van der Waals surface area contributed by atoms with Crippen molar-refractivity contribution in [3.63, 3.8) is 0 Å². The van der Waals surface area contributed by atoms with Gasteiger partial charge in [0.2, 0.25) is 0 Å². The van der Waals surface area contributed by atoms with Crippen LogP contribution in [-0.2, 0) is 5.88 Å². The molecule has 0 aliphatic heterocycles. The first-order valence-corrected chi connectivity index (χ1v) is 8.08. The van der Waals surface area contributed by atoms with Crippen molar-refractivity contribution >= 4 is 61.2 Å². The van der Waals surface area contributed by atoms with E-state index in [1.165, 1.54) is 3.57 Å². The Morgan fingerprint density at radius 1 is 1.21 bits per heavy atom. The van der Waals surface area contributed by atoms with E-state index in [1.54, 1.807) is 0 Å². The highest BCUT2D eigenvalue weighted by molar-refractivity contribution is 14.1. The summed E-state index contributed by atoms with van der Waals surface area (Å²) in [5, 5.41) is 0. The molecule has 0 saturated carbocycles. The molecule has 0 radical (unpaired) electrons. The van der Waals surface area contributed by atoms with Crippen LogP contribution < -0.4 is 0 Å². The van der Waals surface area contributed by atoms with Gasteiger partial charge >= 0.3 is 0 Å².